The van der Waals surface area contributed by atoms with Crippen molar-refractivity contribution >= 4 is 5.97 Å². The highest BCUT2D eigenvalue weighted by Crippen LogP contribution is 2.20. The molecule has 1 unspecified atom stereocenters. The van der Waals surface area contributed by atoms with Crippen LogP contribution >= 0.6 is 0 Å². The number of aliphatic carboxylic acids is 1. The summed E-state index contributed by atoms with van der Waals surface area (Å²) in [7, 11) is 0. The normalized spacial score (nSPS) is 16.1. The lowest BCUT2D eigenvalue weighted by Gasteiger charge is -2.26. The third-order valence-electron chi connectivity index (χ3n) is 1.71. The smallest absolute Gasteiger partial charge is 0.335 e. The van der Waals surface area contributed by atoms with Crippen molar-refractivity contribution in [1.29, 1.82) is 0 Å². The fourth-order valence-corrected chi connectivity index (χ4v) is 1.31. The number of ether oxygens (including phenoxy) is 1. The first kappa shape index (κ1) is 11.4. The Morgan fingerprint density at radius 1 is 1.58 bits per heavy atom. The monoisotopic (exact) mass is 174 g/mol. The highest BCUT2D eigenvalue weighted by Gasteiger charge is 2.34. The summed E-state index contributed by atoms with van der Waals surface area (Å²) in [5.74, 6) is -0.546. The molecule has 0 heterocycles. The molecule has 12 heavy (non-hydrogen) atoms. The van der Waals surface area contributed by atoms with Crippen molar-refractivity contribution in [1.82, 2.24) is 0 Å². The number of hydrogen-bond donors (Lipinski definition) is 1. The molecule has 3 heteroatoms. The summed E-state index contributed by atoms with van der Waals surface area (Å²) in [6, 6.07) is 0. The molecule has 1 atom stereocenters. The molecule has 0 aliphatic carbocycles. The molecular weight excluding hydrogens is 156 g/mol. The van der Waals surface area contributed by atoms with Gasteiger partial charge in [0.25, 0.3) is 0 Å². The molecule has 0 radical (unpaired) electrons. The molecule has 0 aromatic heterocycles. The molecule has 72 valence electrons. The number of carbonyl (C=O) groups is 1. The largest absolute Gasteiger partial charge is 0.479 e. The maximum atomic E-state index is 10.8. The first-order valence-electron chi connectivity index (χ1n) is 4.29. The quantitative estimate of drug-likeness (QED) is 0.692. The van der Waals surface area contributed by atoms with Crippen LogP contribution in [-0.4, -0.2) is 23.3 Å². The van der Waals surface area contributed by atoms with E-state index >= 15 is 0 Å². The predicted octanol–water partition coefficient (Wildman–Crippen LogP) is 1.91. The maximum Gasteiger partial charge on any atom is 0.335 e. The molecule has 0 rings (SSSR count). The average Bonchev–Trinajstić information content (AvgIpc) is 1.85. The van der Waals surface area contributed by atoms with Crippen molar-refractivity contribution in [3.05, 3.63) is 0 Å². The van der Waals surface area contributed by atoms with Crippen LogP contribution < -0.4 is 0 Å². The molecule has 0 bridgehead atoms. The molecule has 3 nitrogen and oxygen atoms in total. The SMILES string of the molecule is CCOC(C)(CC(C)C)C(=O)O. The highest BCUT2D eigenvalue weighted by atomic mass is 16.5. The van der Waals surface area contributed by atoms with Gasteiger partial charge in [-0.2, -0.15) is 0 Å². The van der Waals surface area contributed by atoms with Crippen LogP contribution in [0.1, 0.15) is 34.1 Å². The Labute approximate surface area is 73.7 Å². The van der Waals surface area contributed by atoms with Gasteiger partial charge in [-0.05, 0) is 26.2 Å². The summed E-state index contributed by atoms with van der Waals surface area (Å²) in [4.78, 5) is 10.8. The van der Waals surface area contributed by atoms with Crippen LogP contribution in [0, 0.1) is 5.92 Å². The van der Waals surface area contributed by atoms with Crippen LogP contribution in [0.15, 0.2) is 0 Å². The Morgan fingerprint density at radius 3 is 2.33 bits per heavy atom. The summed E-state index contributed by atoms with van der Waals surface area (Å²) in [5.41, 5.74) is -1.01. The number of carboxylic acid groups (broad SMARTS) is 1. The number of carboxylic acids is 1. The lowest BCUT2D eigenvalue weighted by Crippen LogP contribution is -2.39. The zero-order chi connectivity index (χ0) is 9.78. The van der Waals surface area contributed by atoms with E-state index in [1.165, 1.54) is 0 Å². The third-order valence-corrected chi connectivity index (χ3v) is 1.71. The predicted molar refractivity (Wildman–Crippen MR) is 47.1 cm³/mol. The molecule has 0 saturated heterocycles. The Bertz CT molecular complexity index is 154. The van der Waals surface area contributed by atoms with E-state index in [-0.39, 0.29) is 0 Å². The van der Waals surface area contributed by atoms with Crippen LogP contribution in [0.3, 0.4) is 0 Å². The van der Waals surface area contributed by atoms with Crippen LogP contribution in [-0.2, 0) is 9.53 Å². The van der Waals surface area contributed by atoms with E-state index < -0.39 is 11.6 Å². The molecule has 0 spiro atoms. The van der Waals surface area contributed by atoms with Gasteiger partial charge in [0.05, 0.1) is 0 Å². The minimum absolute atomic E-state index is 0.331. The molecule has 1 N–H and O–H groups in total. The van der Waals surface area contributed by atoms with Crippen molar-refractivity contribution in [2.75, 3.05) is 6.61 Å². The van der Waals surface area contributed by atoms with Crippen molar-refractivity contribution in [3.63, 3.8) is 0 Å². The van der Waals surface area contributed by atoms with Crippen molar-refractivity contribution in [2.45, 2.75) is 39.7 Å². The van der Waals surface area contributed by atoms with Crippen molar-refractivity contribution < 1.29 is 14.6 Å². The molecule has 0 aliphatic heterocycles. The minimum atomic E-state index is -1.01. The molecule has 0 fully saturated rings. The highest BCUT2D eigenvalue weighted by molar-refractivity contribution is 5.76. The molecular formula is C9H18O3. The van der Waals surface area contributed by atoms with E-state index in [0.717, 1.165) is 0 Å². The van der Waals surface area contributed by atoms with E-state index in [4.69, 9.17) is 9.84 Å². The minimum Gasteiger partial charge on any atom is -0.479 e. The first-order valence-corrected chi connectivity index (χ1v) is 4.29. The molecule has 0 aliphatic rings. The van der Waals surface area contributed by atoms with E-state index in [0.29, 0.717) is 18.9 Å². The van der Waals surface area contributed by atoms with Gasteiger partial charge in [-0.1, -0.05) is 13.8 Å². The van der Waals surface area contributed by atoms with Crippen LogP contribution in [0.2, 0.25) is 0 Å². The Hall–Kier alpha value is -0.570. The van der Waals surface area contributed by atoms with Gasteiger partial charge >= 0.3 is 5.97 Å². The van der Waals surface area contributed by atoms with E-state index in [1.807, 2.05) is 20.8 Å². The third kappa shape index (κ3) is 3.22. The van der Waals surface area contributed by atoms with Crippen LogP contribution in [0.25, 0.3) is 0 Å². The zero-order valence-corrected chi connectivity index (χ0v) is 8.26. The topological polar surface area (TPSA) is 46.5 Å². The zero-order valence-electron chi connectivity index (χ0n) is 8.26. The van der Waals surface area contributed by atoms with Crippen molar-refractivity contribution in [3.8, 4) is 0 Å². The van der Waals surface area contributed by atoms with Crippen molar-refractivity contribution in [2.24, 2.45) is 5.92 Å². The maximum absolute atomic E-state index is 10.8. The molecule has 0 amide bonds. The Morgan fingerprint density at radius 2 is 2.08 bits per heavy atom. The van der Waals surface area contributed by atoms with E-state index in [1.54, 1.807) is 6.92 Å². The molecule has 0 aromatic carbocycles. The summed E-state index contributed by atoms with van der Waals surface area (Å²) in [5, 5.41) is 8.89. The van der Waals surface area contributed by atoms with Gasteiger partial charge in [-0.25, -0.2) is 4.79 Å². The second-order valence-electron chi connectivity index (χ2n) is 3.57. The summed E-state index contributed by atoms with van der Waals surface area (Å²) in [6.45, 7) is 7.84. The molecule has 0 saturated carbocycles. The average molecular weight is 174 g/mol. The summed E-state index contributed by atoms with van der Waals surface area (Å²) < 4.78 is 5.20. The summed E-state index contributed by atoms with van der Waals surface area (Å²) >= 11 is 0. The van der Waals surface area contributed by atoms with Gasteiger partial charge in [-0.3, -0.25) is 0 Å². The number of rotatable bonds is 5. The van der Waals surface area contributed by atoms with Gasteiger partial charge < -0.3 is 9.84 Å². The van der Waals surface area contributed by atoms with Gasteiger partial charge in [0.2, 0.25) is 0 Å². The van der Waals surface area contributed by atoms with E-state index in [2.05, 4.69) is 0 Å². The second-order valence-corrected chi connectivity index (χ2v) is 3.57. The number of hydrogen-bond acceptors (Lipinski definition) is 2. The Kier molecular flexibility index (Phi) is 4.24. The Balaban J connectivity index is 4.28. The fraction of sp³-hybridized carbons (Fsp3) is 0.889. The van der Waals surface area contributed by atoms with Gasteiger partial charge in [0, 0.05) is 6.61 Å². The standard InChI is InChI=1S/C9H18O3/c1-5-12-9(4,8(10)11)6-7(2)3/h7H,5-6H2,1-4H3,(H,10,11). The van der Waals surface area contributed by atoms with Gasteiger partial charge in [0.1, 0.15) is 0 Å². The first-order chi connectivity index (χ1) is 5.42. The van der Waals surface area contributed by atoms with Crippen LogP contribution in [0.5, 0.6) is 0 Å². The van der Waals surface area contributed by atoms with Gasteiger partial charge in [0.15, 0.2) is 5.60 Å². The second kappa shape index (κ2) is 4.45. The van der Waals surface area contributed by atoms with Gasteiger partial charge in [-0.15, -0.1) is 0 Å². The lowest BCUT2D eigenvalue weighted by atomic mass is 9.94. The molecule has 0 aromatic rings. The summed E-state index contributed by atoms with van der Waals surface area (Å²) in [6.07, 6.45) is 0.552. The van der Waals surface area contributed by atoms with E-state index in [9.17, 15) is 4.79 Å². The van der Waals surface area contributed by atoms with Crippen LogP contribution in [0.4, 0.5) is 0 Å². The lowest BCUT2D eigenvalue weighted by molar-refractivity contribution is -0.165. The fourth-order valence-electron chi connectivity index (χ4n) is 1.31.